The Bertz CT molecular complexity index is 246. The lowest BCUT2D eigenvalue weighted by Gasteiger charge is -2.06. The summed E-state index contributed by atoms with van der Waals surface area (Å²) in [6.45, 7) is 4.22. The number of rotatable bonds is 4. The Morgan fingerprint density at radius 1 is 1.38 bits per heavy atom. The third-order valence-corrected chi connectivity index (χ3v) is 2.35. The lowest BCUT2D eigenvalue weighted by Crippen LogP contribution is -1.90. The van der Waals surface area contributed by atoms with Gasteiger partial charge < -0.3 is 5.11 Å². The van der Waals surface area contributed by atoms with Gasteiger partial charge in [-0.25, -0.2) is 0 Å². The average Bonchev–Trinajstić information content (AvgIpc) is 2.10. The van der Waals surface area contributed by atoms with Crippen molar-refractivity contribution in [2.24, 2.45) is 0 Å². The van der Waals surface area contributed by atoms with Crippen molar-refractivity contribution in [2.45, 2.75) is 39.5 Å². The molecule has 1 aromatic carbocycles. The van der Waals surface area contributed by atoms with E-state index in [1.54, 1.807) is 6.07 Å². The Labute approximate surface area is 80.4 Å². The van der Waals surface area contributed by atoms with Gasteiger partial charge in [0.2, 0.25) is 0 Å². The molecule has 0 aliphatic rings. The molecule has 0 spiro atoms. The molecular weight excluding hydrogens is 160 g/mol. The Balaban J connectivity index is 2.64. The van der Waals surface area contributed by atoms with Crippen LogP contribution in [0.1, 0.15) is 37.3 Å². The van der Waals surface area contributed by atoms with Crippen molar-refractivity contribution in [1.29, 1.82) is 0 Å². The molecule has 0 fully saturated rings. The van der Waals surface area contributed by atoms with Crippen molar-refractivity contribution < 1.29 is 5.11 Å². The lowest BCUT2D eigenvalue weighted by molar-refractivity contribution is 0.464. The number of hydrogen-bond acceptors (Lipinski definition) is 1. The third-order valence-electron chi connectivity index (χ3n) is 2.35. The predicted molar refractivity (Wildman–Crippen MR) is 54.9 cm³/mol. The number of hydrogen-bond donors (Lipinski definition) is 1. The van der Waals surface area contributed by atoms with Crippen LogP contribution in [0.4, 0.5) is 0 Å². The second kappa shape index (κ2) is 4.90. The molecule has 0 unspecified atom stereocenters. The van der Waals surface area contributed by atoms with Crippen LogP contribution in [-0.2, 0) is 6.42 Å². The first kappa shape index (κ1) is 10.1. The van der Waals surface area contributed by atoms with Crippen LogP contribution in [0.25, 0.3) is 0 Å². The maximum Gasteiger partial charge on any atom is 0.126 e. The summed E-state index contributed by atoms with van der Waals surface area (Å²) >= 11 is 0. The van der Waals surface area contributed by atoms with E-state index < -0.39 is 0 Å². The minimum Gasteiger partial charge on any atom is -0.507 e. The Kier molecular flexibility index (Phi) is 3.81. The summed E-state index contributed by atoms with van der Waals surface area (Å²) in [5, 5.41) is 9.54. The van der Waals surface area contributed by atoms with E-state index in [0.717, 1.165) is 18.4 Å². The molecular formula is C12H17O. The number of phenolic OH excluding ortho intramolecular Hbond substituents is 1. The van der Waals surface area contributed by atoms with E-state index in [1.807, 2.05) is 13.0 Å². The number of aromatic hydroxyl groups is 1. The van der Waals surface area contributed by atoms with Crippen LogP contribution in [0, 0.1) is 13.0 Å². The summed E-state index contributed by atoms with van der Waals surface area (Å²) in [7, 11) is 0. The molecule has 1 aromatic rings. The highest BCUT2D eigenvalue weighted by Crippen LogP contribution is 2.21. The minimum absolute atomic E-state index is 0.330. The number of phenols is 1. The van der Waals surface area contributed by atoms with Gasteiger partial charge in [-0.2, -0.15) is 0 Å². The molecule has 0 atom stereocenters. The molecule has 0 aromatic heterocycles. The van der Waals surface area contributed by atoms with Crippen molar-refractivity contribution >= 4 is 0 Å². The highest BCUT2D eigenvalue weighted by molar-refractivity contribution is 5.37. The SMILES string of the molecule is CCCCCc1c(O)[c]ccc1C. The van der Waals surface area contributed by atoms with Crippen LogP contribution in [0.2, 0.25) is 0 Å². The van der Waals surface area contributed by atoms with Crippen molar-refractivity contribution in [3.63, 3.8) is 0 Å². The second-order valence-corrected chi connectivity index (χ2v) is 3.44. The number of unbranched alkanes of at least 4 members (excludes halogenated alkanes) is 2. The molecule has 1 radical (unpaired) electrons. The molecule has 0 bridgehead atoms. The standard InChI is InChI=1S/C12H17O/c1-3-4-5-8-11-10(2)7-6-9-12(11)13/h6-7,13H,3-5,8H2,1-2H3. The van der Waals surface area contributed by atoms with E-state index >= 15 is 0 Å². The van der Waals surface area contributed by atoms with E-state index in [9.17, 15) is 5.11 Å². The fraction of sp³-hybridized carbons (Fsp3) is 0.500. The minimum atomic E-state index is 0.330. The summed E-state index contributed by atoms with van der Waals surface area (Å²) in [4.78, 5) is 0. The van der Waals surface area contributed by atoms with Crippen molar-refractivity contribution in [2.75, 3.05) is 0 Å². The van der Waals surface area contributed by atoms with Crippen LogP contribution < -0.4 is 0 Å². The van der Waals surface area contributed by atoms with Crippen molar-refractivity contribution in [3.05, 3.63) is 29.3 Å². The Morgan fingerprint density at radius 2 is 2.15 bits per heavy atom. The molecule has 0 heterocycles. The van der Waals surface area contributed by atoms with Crippen molar-refractivity contribution in [3.8, 4) is 5.75 Å². The van der Waals surface area contributed by atoms with E-state index in [2.05, 4.69) is 13.0 Å². The molecule has 13 heavy (non-hydrogen) atoms. The molecule has 0 aliphatic carbocycles. The molecule has 0 aliphatic heterocycles. The monoisotopic (exact) mass is 177 g/mol. The number of aryl methyl sites for hydroxylation is 1. The quantitative estimate of drug-likeness (QED) is 0.700. The van der Waals surface area contributed by atoms with Gasteiger partial charge in [-0.3, -0.25) is 0 Å². The molecule has 1 nitrogen and oxygen atoms in total. The van der Waals surface area contributed by atoms with E-state index in [1.165, 1.54) is 18.4 Å². The summed E-state index contributed by atoms with van der Waals surface area (Å²) < 4.78 is 0. The highest BCUT2D eigenvalue weighted by Gasteiger charge is 2.03. The number of benzene rings is 1. The van der Waals surface area contributed by atoms with Crippen LogP contribution in [0.3, 0.4) is 0 Å². The lowest BCUT2D eigenvalue weighted by atomic mass is 10.0. The van der Waals surface area contributed by atoms with Crippen LogP contribution in [0.15, 0.2) is 12.1 Å². The fourth-order valence-corrected chi connectivity index (χ4v) is 1.49. The molecule has 71 valence electrons. The van der Waals surface area contributed by atoms with Crippen LogP contribution in [0.5, 0.6) is 5.75 Å². The molecule has 1 N–H and O–H groups in total. The molecule has 0 saturated heterocycles. The van der Waals surface area contributed by atoms with Gasteiger partial charge in [0.25, 0.3) is 0 Å². The summed E-state index contributed by atoms with van der Waals surface area (Å²) in [5.41, 5.74) is 2.24. The van der Waals surface area contributed by atoms with Crippen molar-refractivity contribution in [1.82, 2.24) is 0 Å². The summed E-state index contributed by atoms with van der Waals surface area (Å²) in [6.07, 6.45) is 4.58. The molecule has 0 amide bonds. The van der Waals surface area contributed by atoms with Gasteiger partial charge in [0.05, 0.1) is 0 Å². The normalized spacial score (nSPS) is 10.3. The maximum atomic E-state index is 9.54. The zero-order valence-corrected chi connectivity index (χ0v) is 8.43. The first-order valence-corrected chi connectivity index (χ1v) is 4.94. The molecule has 1 rings (SSSR count). The third kappa shape index (κ3) is 2.76. The smallest absolute Gasteiger partial charge is 0.126 e. The van der Waals surface area contributed by atoms with Gasteiger partial charge in [0, 0.05) is 6.07 Å². The predicted octanol–water partition coefficient (Wildman–Crippen LogP) is 3.23. The van der Waals surface area contributed by atoms with E-state index in [0.29, 0.717) is 5.75 Å². The first-order chi connectivity index (χ1) is 6.25. The van der Waals surface area contributed by atoms with Crippen LogP contribution >= 0.6 is 0 Å². The van der Waals surface area contributed by atoms with E-state index in [-0.39, 0.29) is 0 Å². The summed E-state index contributed by atoms with van der Waals surface area (Å²) in [6, 6.07) is 6.60. The average molecular weight is 177 g/mol. The van der Waals surface area contributed by atoms with E-state index in [4.69, 9.17) is 0 Å². The van der Waals surface area contributed by atoms with Gasteiger partial charge in [-0.05, 0) is 30.9 Å². The second-order valence-electron chi connectivity index (χ2n) is 3.44. The Hall–Kier alpha value is -0.980. The van der Waals surface area contributed by atoms with Crippen LogP contribution in [-0.4, -0.2) is 5.11 Å². The molecule has 1 heteroatoms. The van der Waals surface area contributed by atoms with Gasteiger partial charge in [-0.1, -0.05) is 31.9 Å². The Morgan fingerprint density at radius 3 is 2.77 bits per heavy atom. The zero-order valence-electron chi connectivity index (χ0n) is 8.43. The van der Waals surface area contributed by atoms with Gasteiger partial charge in [0.15, 0.2) is 0 Å². The van der Waals surface area contributed by atoms with Gasteiger partial charge in [0.1, 0.15) is 5.75 Å². The van der Waals surface area contributed by atoms with Gasteiger partial charge >= 0.3 is 0 Å². The fourth-order valence-electron chi connectivity index (χ4n) is 1.49. The largest absolute Gasteiger partial charge is 0.507 e. The summed E-state index contributed by atoms with van der Waals surface area (Å²) in [5.74, 6) is 0.330. The highest BCUT2D eigenvalue weighted by atomic mass is 16.3. The topological polar surface area (TPSA) is 20.2 Å². The maximum absolute atomic E-state index is 9.54. The zero-order chi connectivity index (χ0) is 9.68. The first-order valence-electron chi connectivity index (χ1n) is 4.94. The molecule has 0 saturated carbocycles. The van der Waals surface area contributed by atoms with Gasteiger partial charge in [-0.15, -0.1) is 0 Å².